The van der Waals surface area contributed by atoms with E-state index in [4.69, 9.17) is 9.47 Å². The molecule has 1 saturated heterocycles. The summed E-state index contributed by atoms with van der Waals surface area (Å²) in [6.45, 7) is 8.40. The van der Waals surface area contributed by atoms with Crippen LogP contribution in [0.2, 0.25) is 13.1 Å². The number of ether oxygens (including phenoxy) is 2. The zero-order valence-electron chi connectivity index (χ0n) is 13.6. The van der Waals surface area contributed by atoms with Crippen LogP contribution in [0.5, 0.6) is 0 Å². The second-order valence-corrected chi connectivity index (χ2v) is 9.47. The molecule has 0 aromatic carbocycles. The Morgan fingerprint density at radius 2 is 2.10 bits per heavy atom. The van der Waals surface area contributed by atoms with Crippen molar-refractivity contribution in [1.29, 1.82) is 0 Å². The fraction of sp³-hybridized carbons (Fsp3) is 0.800. The molecule has 20 heavy (non-hydrogen) atoms. The summed E-state index contributed by atoms with van der Waals surface area (Å²) in [5, 5.41) is -0.164. The average Bonchev–Trinajstić information content (AvgIpc) is 2.39. The van der Waals surface area contributed by atoms with Crippen molar-refractivity contribution in [3.05, 3.63) is 11.6 Å². The van der Waals surface area contributed by atoms with Gasteiger partial charge in [0.05, 0.1) is 14.0 Å². The standard InChI is InChI=1S/C15H29NO3Si/c1-13(14(17)18-11-9-16(2)3)12-15(20(4)5)8-6-7-10-19-15/h12,20H,6-11H2,1-5H3. The van der Waals surface area contributed by atoms with Gasteiger partial charge in [-0.3, -0.25) is 0 Å². The lowest BCUT2D eigenvalue weighted by Crippen LogP contribution is -2.46. The molecule has 0 aromatic rings. The lowest BCUT2D eigenvalue weighted by atomic mass is 10.1. The number of rotatable bonds is 6. The number of hydrogen-bond donors (Lipinski definition) is 0. The molecule has 0 aliphatic carbocycles. The minimum absolute atomic E-state index is 0.164. The minimum atomic E-state index is -1.04. The van der Waals surface area contributed by atoms with Crippen molar-refractivity contribution in [2.75, 3.05) is 33.9 Å². The Morgan fingerprint density at radius 1 is 1.40 bits per heavy atom. The van der Waals surface area contributed by atoms with Gasteiger partial charge in [0.25, 0.3) is 0 Å². The monoisotopic (exact) mass is 299 g/mol. The first-order valence-corrected chi connectivity index (χ1v) is 10.4. The quantitative estimate of drug-likeness (QED) is 0.427. The summed E-state index contributed by atoms with van der Waals surface area (Å²) in [4.78, 5) is 14.0. The Kier molecular flexibility index (Phi) is 6.92. The van der Waals surface area contributed by atoms with Crippen LogP contribution in [-0.4, -0.2) is 58.7 Å². The van der Waals surface area contributed by atoms with Gasteiger partial charge >= 0.3 is 5.97 Å². The molecule has 1 atom stereocenters. The molecule has 1 heterocycles. The molecular formula is C15H29NO3Si. The van der Waals surface area contributed by atoms with E-state index in [0.717, 1.165) is 26.0 Å². The Labute approximate surface area is 124 Å². The van der Waals surface area contributed by atoms with Gasteiger partial charge in [-0.2, -0.15) is 0 Å². The van der Waals surface area contributed by atoms with Crippen molar-refractivity contribution in [2.45, 2.75) is 44.5 Å². The fourth-order valence-electron chi connectivity index (χ4n) is 2.43. The van der Waals surface area contributed by atoms with Crippen LogP contribution in [0.4, 0.5) is 0 Å². The van der Waals surface area contributed by atoms with E-state index >= 15 is 0 Å². The second kappa shape index (κ2) is 7.95. The van der Waals surface area contributed by atoms with Crippen LogP contribution in [0.15, 0.2) is 11.6 Å². The van der Waals surface area contributed by atoms with Gasteiger partial charge in [-0.15, -0.1) is 0 Å². The zero-order valence-corrected chi connectivity index (χ0v) is 14.7. The van der Waals surface area contributed by atoms with Gasteiger partial charge in [-0.05, 0) is 46.4 Å². The molecule has 0 aromatic heterocycles. The summed E-state index contributed by atoms with van der Waals surface area (Å²) in [5.41, 5.74) is 0.687. The molecule has 1 aliphatic heterocycles. The summed E-state index contributed by atoms with van der Waals surface area (Å²) in [7, 11) is 2.89. The van der Waals surface area contributed by atoms with E-state index in [0.29, 0.717) is 12.2 Å². The maximum Gasteiger partial charge on any atom is 0.333 e. The molecule has 1 unspecified atom stereocenters. The van der Waals surface area contributed by atoms with Crippen molar-refractivity contribution in [1.82, 2.24) is 4.90 Å². The van der Waals surface area contributed by atoms with Crippen LogP contribution in [0.1, 0.15) is 26.2 Å². The highest BCUT2D eigenvalue weighted by molar-refractivity contribution is 6.60. The minimum Gasteiger partial charge on any atom is -0.461 e. The molecule has 116 valence electrons. The third-order valence-corrected chi connectivity index (χ3v) is 6.44. The first-order chi connectivity index (χ1) is 9.37. The highest BCUT2D eigenvalue weighted by Gasteiger charge is 2.35. The van der Waals surface area contributed by atoms with E-state index < -0.39 is 8.80 Å². The molecular weight excluding hydrogens is 270 g/mol. The number of hydrogen-bond acceptors (Lipinski definition) is 4. The predicted octanol–water partition coefficient (Wildman–Crippen LogP) is 2.00. The van der Waals surface area contributed by atoms with Crippen molar-refractivity contribution >= 4 is 14.8 Å². The molecule has 0 spiro atoms. The van der Waals surface area contributed by atoms with Crippen molar-refractivity contribution in [3.8, 4) is 0 Å². The molecule has 1 fully saturated rings. The van der Waals surface area contributed by atoms with Gasteiger partial charge in [0, 0.05) is 18.7 Å². The lowest BCUT2D eigenvalue weighted by Gasteiger charge is -2.38. The number of likely N-dealkylation sites (N-methyl/N-ethyl adjacent to an activating group) is 1. The van der Waals surface area contributed by atoms with E-state index in [1.54, 1.807) is 0 Å². The van der Waals surface area contributed by atoms with Crippen LogP contribution in [0, 0.1) is 0 Å². The highest BCUT2D eigenvalue weighted by Crippen LogP contribution is 2.30. The number of esters is 1. The van der Waals surface area contributed by atoms with Gasteiger partial charge < -0.3 is 14.4 Å². The topological polar surface area (TPSA) is 38.8 Å². The Morgan fingerprint density at radius 3 is 2.60 bits per heavy atom. The van der Waals surface area contributed by atoms with Crippen LogP contribution >= 0.6 is 0 Å². The summed E-state index contributed by atoms with van der Waals surface area (Å²) in [6, 6.07) is 0. The van der Waals surface area contributed by atoms with Crippen molar-refractivity contribution < 1.29 is 14.3 Å². The van der Waals surface area contributed by atoms with Gasteiger partial charge in [-0.1, -0.05) is 13.1 Å². The molecule has 4 nitrogen and oxygen atoms in total. The highest BCUT2D eigenvalue weighted by atomic mass is 28.3. The zero-order chi connectivity index (χ0) is 15.2. The summed E-state index contributed by atoms with van der Waals surface area (Å²) in [6.07, 6.45) is 5.40. The molecule has 0 saturated carbocycles. The molecule has 0 radical (unpaired) electrons. The maximum atomic E-state index is 12.0. The molecule has 1 aliphatic rings. The van der Waals surface area contributed by atoms with E-state index in [1.165, 1.54) is 6.42 Å². The van der Waals surface area contributed by atoms with Gasteiger partial charge in [0.2, 0.25) is 0 Å². The normalized spacial score (nSPS) is 24.2. The first-order valence-electron chi connectivity index (χ1n) is 7.52. The fourth-order valence-corrected chi connectivity index (χ4v) is 4.25. The van der Waals surface area contributed by atoms with Gasteiger partial charge in [-0.25, -0.2) is 4.79 Å². The lowest BCUT2D eigenvalue weighted by molar-refractivity contribution is -0.139. The van der Waals surface area contributed by atoms with E-state index in [9.17, 15) is 4.79 Å². The molecule has 5 heteroatoms. The average molecular weight is 299 g/mol. The van der Waals surface area contributed by atoms with Gasteiger partial charge in [0.15, 0.2) is 0 Å². The Bertz CT molecular complexity index is 347. The molecule has 0 amide bonds. The van der Waals surface area contributed by atoms with Crippen LogP contribution in [0.3, 0.4) is 0 Å². The van der Waals surface area contributed by atoms with E-state index in [-0.39, 0.29) is 11.2 Å². The number of carbonyl (C=O) groups excluding carboxylic acids is 1. The van der Waals surface area contributed by atoms with Crippen LogP contribution < -0.4 is 0 Å². The van der Waals surface area contributed by atoms with Crippen LogP contribution in [-0.2, 0) is 14.3 Å². The second-order valence-electron chi connectivity index (χ2n) is 6.18. The third-order valence-electron chi connectivity index (χ3n) is 3.86. The van der Waals surface area contributed by atoms with Crippen LogP contribution in [0.25, 0.3) is 0 Å². The number of carbonyl (C=O) groups is 1. The Balaban J connectivity index is 2.66. The van der Waals surface area contributed by atoms with E-state index in [1.807, 2.05) is 32.0 Å². The summed E-state index contributed by atoms with van der Waals surface area (Å²) >= 11 is 0. The Hall–Kier alpha value is -0.653. The third kappa shape index (κ3) is 5.03. The van der Waals surface area contributed by atoms with Crippen molar-refractivity contribution in [3.63, 3.8) is 0 Å². The predicted molar refractivity (Wildman–Crippen MR) is 84.7 cm³/mol. The maximum absolute atomic E-state index is 12.0. The smallest absolute Gasteiger partial charge is 0.333 e. The van der Waals surface area contributed by atoms with Gasteiger partial charge in [0.1, 0.15) is 6.61 Å². The molecule has 0 N–H and O–H groups in total. The largest absolute Gasteiger partial charge is 0.461 e. The van der Waals surface area contributed by atoms with E-state index in [2.05, 4.69) is 13.1 Å². The molecule has 1 rings (SSSR count). The van der Waals surface area contributed by atoms with Crippen molar-refractivity contribution in [2.24, 2.45) is 0 Å². The molecule has 0 bridgehead atoms. The number of nitrogens with zero attached hydrogens (tertiary/aromatic N) is 1. The SMILES string of the molecule is CC(=CC1([SiH](C)C)CCCCO1)C(=O)OCCN(C)C. The summed E-state index contributed by atoms with van der Waals surface area (Å²) < 4.78 is 11.4. The summed E-state index contributed by atoms with van der Waals surface area (Å²) in [5.74, 6) is -0.213. The first kappa shape index (κ1) is 17.4.